The van der Waals surface area contributed by atoms with Crippen molar-refractivity contribution in [3.05, 3.63) is 35.6 Å². The SMILES string of the molecule is O[C@@H]1[C@H]2[C@@H]3C[C@H]1N(CC#Cc1ccc(F)cc1)[C@@H]1[C@@H](O)[C@H]3C[C@H]21. The molecule has 3 nitrogen and oxygen atoms in total. The molecule has 4 fully saturated rings. The fraction of sp³-hybridized carbons (Fsp3) is 0.579. The molecule has 8 atom stereocenters. The Kier molecular flexibility index (Phi) is 2.91. The number of nitrogens with zero attached hydrogens (tertiary/aromatic N) is 1. The third kappa shape index (κ3) is 1.82. The van der Waals surface area contributed by atoms with Gasteiger partial charge in [-0.25, -0.2) is 4.39 Å². The van der Waals surface area contributed by atoms with Crippen molar-refractivity contribution in [2.75, 3.05) is 6.54 Å². The summed E-state index contributed by atoms with van der Waals surface area (Å²) in [5, 5.41) is 21.2. The molecule has 3 saturated carbocycles. The molecule has 3 aliphatic carbocycles. The standard InChI is InChI=1S/C19H20FNO2/c20-11-5-3-10(4-6-11)2-1-7-21-15-9-12-13-8-14(16(12)19(15)23)17(21)18(13)22/h3-6,12-19,22-23H,7-9H2/t12-,13+,14-,15-,16+,17+,18+,19+/m1/s1. The van der Waals surface area contributed by atoms with Crippen molar-refractivity contribution in [2.45, 2.75) is 37.1 Å². The molecule has 0 spiro atoms. The minimum absolute atomic E-state index is 0.147. The second-order valence-corrected chi connectivity index (χ2v) is 7.56. The summed E-state index contributed by atoms with van der Waals surface area (Å²) in [4.78, 5) is 2.25. The summed E-state index contributed by atoms with van der Waals surface area (Å²) in [6.45, 7) is 0.559. The van der Waals surface area contributed by atoms with Crippen molar-refractivity contribution >= 4 is 0 Å². The van der Waals surface area contributed by atoms with Gasteiger partial charge in [0.1, 0.15) is 5.82 Å². The van der Waals surface area contributed by atoms with Gasteiger partial charge in [-0.05, 0) is 60.8 Å². The maximum absolute atomic E-state index is 12.9. The summed E-state index contributed by atoms with van der Waals surface area (Å²) >= 11 is 0. The van der Waals surface area contributed by atoms with E-state index in [1.54, 1.807) is 12.1 Å². The highest BCUT2D eigenvalue weighted by Gasteiger charge is 2.69. The molecule has 1 saturated heterocycles. The molecule has 1 heterocycles. The van der Waals surface area contributed by atoms with Crippen LogP contribution in [-0.2, 0) is 0 Å². The van der Waals surface area contributed by atoms with Crippen LogP contribution in [-0.4, -0.2) is 45.9 Å². The third-order valence-corrected chi connectivity index (χ3v) is 6.76. The lowest BCUT2D eigenvalue weighted by molar-refractivity contribution is -0.0932. The molecule has 4 heteroatoms. The molecule has 120 valence electrons. The van der Waals surface area contributed by atoms with Crippen LogP contribution in [0.25, 0.3) is 0 Å². The molecule has 1 aromatic carbocycles. The normalized spacial score (nSPS) is 46.2. The smallest absolute Gasteiger partial charge is 0.123 e. The Hall–Kier alpha value is -1.41. The van der Waals surface area contributed by atoms with E-state index in [1.165, 1.54) is 12.1 Å². The van der Waals surface area contributed by atoms with Crippen LogP contribution >= 0.6 is 0 Å². The Morgan fingerprint density at radius 3 is 2.61 bits per heavy atom. The van der Waals surface area contributed by atoms with Gasteiger partial charge in [0.05, 0.1) is 18.8 Å². The first-order valence-corrected chi connectivity index (χ1v) is 8.51. The van der Waals surface area contributed by atoms with E-state index in [-0.39, 0.29) is 30.1 Å². The van der Waals surface area contributed by atoms with E-state index in [9.17, 15) is 14.6 Å². The summed E-state index contributed by atoms with van der Waals surface area (Å²) in [5.41, 5.74) is 0.794. The zero-order valence-corrected chi connectivity index (χ0v) is 12.8. The molecule has 4 bridgehead atoms. The molecule has 5 rings (SSSR count). The van der Waals surface area contributed by atoms with Gasteiger partial charge in [-0.2, -0.15) is 0 Å². The van der Waals surface area contributed by atoms with Crippen molar-refractivity contribution in [3.63, 3.8) is 0 Å². The predicted octanol–water partition coefficient (Wildman–Crippen LogP) is 1.24. The maximum Gasteiger partial charge on any atom is 0.123 e. The molecule has 0 amide bonds. The fourth-order valence-corrected chi connectivity index (χ4v) is 6.01. The molecule has 4 aliphatic rings. The lowest BCUT2D eigenvalue weighted by Gasteiger charge is -2.47. The van der Waals surface area contributed by atoms with Crippen LogP contribution < -0.4 is 0 Å². The first-order chi connectivity index (χ1) is 11.1. The van der Waals surface area contributed by atoms with Crippen LogP contribution in [0.3, 0.4) is 0 Å². The maximum atomic E-state index is 12.9. The van der Waals surface area contributed by atoms with Crippen LogP contribution in [0.2, 0.25) is 0 Å². The Morgan fingerprint density at radius 2 is 1.83 bits per heavy atom. The second-order valence-electron chi connectivity index (χ2n) is 7.56. The van der Waals surface area contributed by atoms with Crippen molar-refractivity contribution < 1.29 is 14.6 Å². The average Bonchev–Trinajstić information content (AvgIpc) is 3.11. The third-order valence-electron chi connectivity index (χ3n) is 6.76. The van der Waals surface area contributed by atoms with Gasteiger partial charge in [0.2, 0.25) is 0 Å². The molecule has 1 aromatic rings. The number of piperidine rings is 1. The summed E-state index contributed by atoms with van der Waals surface area (Å²) in [6, 6.07) is 6.49. The summed E-state index contributed by atoms with van der Waals surface area (Å²) in [6.07, 6.45) is 1.55. The number of fused-ring (bicyclic) bond motifs is 3. The fourth-order valence-electron chi connectivity index (χ4n) is 6.01. The minimum Gasteiger partial charge on any atom is -0.391 e. The van der Waals surface area contributed by atoms with E-state index in [0.29, 0.717) is 30.2 Å². The molecular weight excluding hydrogens is 293 g/mol. The minimum atomic E-state index is -0.258. The predicted molar refractivity (Wildman–Crippen MR) is 82.8 cm³/mol. The van der Waals surface area contributed by atoms with Gasteiger partial charge in [0.25, 0.3) is 0 Å². The van der Waals surface area contributed by atoms with Crippen LogP contribution in [0.1, 0.15) is 18.4 Å². The van der Waals surface area contributed by atoms with Gasteiger partial charge in [-0.15, -0.1) is 0 Å². The van der Waals surface area contributed by atoms with Crippen LogP contribution in [0.4, 0.5) is 4.39 Å². The van der Waals surface area contributed by atoms with E-state index in [4.69, 9.17) is 0 Å². The lowest BCUT2D eigenvalue weighted by atomic mass is 9.75. The van der Waals surface area contributed by atoms with E-state index >= 15 is 0 Å². The van der Waals surface area contributed by atoms with Gasteiger partial charge in [0, 0.05) is 17.6 Å². The summed E-state index contributed by atoms with van der Waals surface area (Å²) in [7, 11) is 0. The van der Waals surface area contributed by atoms with Gasteiger partial charge in [-0.3, -0.25) is 4.90 Å². The van der Waals surface area contributed by atoms with E-state index in [1.807, 2.05) is 0 Å². The highest BCUT2D eigenvalue weighted by Crippen LogP contribution is 2.64. The topological polar surface area (TPSA) is 43.7 Å². The van der Waals surface area contributed by atoms with Gasteiger partial charge < -0.3 is 10.2 Å². The molecule has 0 unspecified atom stereocenters. The number of likely N-dealkylation sites (tertiary alicyclic amines) is 1. The van der Waals surface area contributed by atoms with E-state index in [0.717, 1.165) is 18.4 Å². The van der Waals surface area contributed by atoms with Crippen molar-refractivity contribution in [1.82, 2.24) is 4.90 Å². The number of aliphatic hydroxyl groups is 2. The number of rotatable bonds is 1. The Bertz CT molecular complexity index is 694. The van der Waals surface area contributed by atoms with Crippen molar-refractivity contribution in [2.24, 2.45) is 23.7 Å². The van der Waals surface area contributed by atoms with E-state index < -0.39 is 0 Å². The first kappa shape index (κ1) is 14.0. The zero-order chi connectivity index (χ0) is 15.7. The van der Waals surface area contributed by atoms with Crippen LogP contribution in [0.15, 0.2) is 24.3 Å². The number of hydrogen-bond donors (Lipinski definition) is 2. The first-order valence-electron chi connectivity index (χ1n) is 8.51. The largest absolute Gasteiger partial charge is 0.391 e. The van der Waals surface area contributed by atoms with Crippen LogP contribution in [0, 0.1) is 41.3 Å². The van der Waals surface area contributed by atoms with E-state index in [2.05, 4.69) is 16.7 Å². The van der Waals surface area contributed by atoms with Gasteiger partial charge in [-0.1, -0.05) is 11.8 Å². The number of benzene rings is 1. The van der Waals surface area contributed by atoms with Gasteiger partial charge in [0.15, 0.2) is 0 Å². The molecule has 0 aromatic heterocycles. The van der Waals surface area contributed by atoms with Crippen molar-refractivity contribution in [3.8, 4) is 11.8 Å². The Labute approximate surface area is 135 Å². The zero-order valence-electron chi connectivity index (χ0n) is 12.8. The average molecular weight is 313 g/mol. The Morgan fingerprint density at radius 1 is 1.04 bits per heavy atom. The molecule has 1 aliphatic heterocycles. The second kappa shape index (κ2) is 4.80. The monoisotopic (exact) mass is 313 g/mol. The number of hydrogen-bond acceptors (Lipinski definition) is 3. The summed E-state index contributed by atoms with van der Waals surface area (Å²) in [5.74, 6) is 7.70. The molecule has 23 heavy (non-hydrogen) atoms. The molecule has 0 radical (unpaired) electrons. The molecular formula is C19H20FNO2. The summed E-state index contributed by atoms with van der Waals surface area (Å²) < 4.78 is 12.9. The van der Waals surface area contributed by atoms with Gasteiger partial charge >= 0.3 is 0 Å². The highest BCUT2D eigenvalue weighted by molar-refractivity contribution is 5.34. The Balaban J connectivity index is 1.40. The number of aliphatic hydroxyl groups excluding tert-OH is 2. The van der Waals surface area contributed by atoms with Crippen LogP contribution in [0.5, 0.6) is 0 Å². The lowest BCUT2D eigenvalue weighted by Crippen LogP contribution is -2.60. The van der Waals surface area contributed by atoms with Crippen molar-refractivity contribution in [1.29, 1.82) is 0 Å². The quantitative estimate of drug-likeness (QED) is 0.767. The highest BCUT2D eigenvalue weighted by atomic mass is 19.1. The molecule has 2 N–H and O–H groups in total. The number of halogens is 1.